The predicted octanol–water partition coefficient (Wildman–Crippen LogP) is 1.17. The van der Waals surface area contributed by atoms with E-state index in [1.165, 1.54) is 18.9 Å². The first-order valence-corrected chi connectivity index (χ1v) is 11.9. The number of carbonyl (C=O) groups excluding carboxylic acids is 2. The van der Waals surface area contributed by atoms with Gasteiger partial charge in [0.05, 0.1) is 32.3 Å². The van der Waals surface area contributed by atoms with Gasteiger partial charge >= 0.3 is 0 Å². The van der Waals surface area contributed by atoms with Gasteiger partial charge in [0, 0.05) is 31.1 Å². The fourth-order valence-electron chi connectivity index (χ4n) is 4.94. The van der Waals surface area contributed by atoms with E-state index in [1.807, 2.05) is 31.2 Å². The Balaban J connectivity index is 1.79. The lowest BCUT2D eigenvalue weighted by Gasteiger charge is -2.40. The van der Waals surface area contributed by atoms with Gasteiger partial charge in [-0.3, -0.25) is 9.59 Å². The molecule has 1 heterocycles. The minimum Gasteiger partial charge on any atom is -0.493 e. The molecule has 0 fully saturated rings. The maximum atomic E-state index is 13.2. The number of aliphatic hydroxyl groups excluding tert-OH is 3. The van der Waals surface area contributed by atoms with Crippen molar-refractivity contribution in [2.24, 2.45) is 0 Å². The van der Waals surface area contributed by atoms with Gasteiger partial charge in [-0.05, 0) is 36.3 Å². The number of hydrogen-bond acceptors (Lipinski definition) is 7. The molecule has 9 heteroatoms. The Morgan fingerprint density at radius 2 is 1.86 bits per heavy atom. The van der Waals surface area contributed by atoms with Crippen LogP contribution in [0.3, 0.4) is 0 Å². The maximum absolute atomic E-state index is 13.2. The topological polar surface area (TPSA) is 129 Å². The number of ether oxygens (including phenoxy) is 2. The number of aryl methyl sites for hydroxylation is 1. The van der Waals surface area contributed by atoms with Gasteiger partial charge < -0.3 is 35.0 Å². The summed E-state index contributed by atoms with van der Waals surface area (Å²) in [4.78, 5) is 27.5. The van der Waals surface area contributed by atoms with Gasteiger partial charge in [0.15, 0.2) is 11.5 Å². The Hall–Kier alpha value is -3.40. The monoisotopic (exact) mass is 496 g/mol. The number of rotatable bonds is 8. The highest BCUT2D eigenvalue weighted by Crippen LogP contribution is 2.51. The van der Waals surface area contributed by atoms with Crippen LogP contribution in [0, 0.1) is 6.92 Å². The standard InChI is InChI=1S/C27H32N2O7/c1-15-4-6-17(7-5-15)13-29(16(2)32)21-12-20(27(34)28-8-9-30)23-19-10-18(14-31)11-22(35-3)25(19)36-26(23)24(21)33/h4-7,10-12,21,23-24,26,30-31,33H,8-9,13-14H2,1-3H3,(H,28,34)/t21-,23+,24+,26+/m1/s1. The third-order valence-corrected chi connectivity index (χ3v) is 6.73. The molecular formula is C27H32N2O7. The Bertz CT molecular complexity index is 1160. The first-order valence-electron chi connectivity index (χ1n) is 11.9. The first kappa shape index (κ1) is 25.7. The second kappa shape index (κ2) is 10.7. The van der Waals surface area contributed by atoms with Crippen LogP contribution in [-0.4, -0.2) is 70.5 Å². The van der Waals surface area contributed by atoms with E-state index in [1.54, 1.807) is 18.2 Å². The number of aliphatic hydroxyl groups is 3. The summed E-state index contributed by atoms with van der Waals surface area (Å²) in [5.74, 6) is -0.579. The number of nitrogens with zero attached hydrogens (tertiary/aromatic N) is 1. The van der Waals surface area contributed by atoms with Gasteiger partial charge in [0.25, 0.3) is 0 Å². The highest BCUT2D eigenvalue weighted by atomic mass is 16.5. The number of fused-ring (bicyclic) bond motifs is 3. The lowest BCUT2D eigenvalue weighted by Crippen LogP contribution is -2.55. The number of carbonyl (C=O) groups is 2. The second-order valence-electron chi connectivity index (χ2n) is 9.15. The van der Waals surface area contributed by atoms with E-state index in [9.17, 15) is 24.9 Å². The molecule has 4 atom stereocenters. The molecule has 4 rings (SSSR count). The SMILES string of the molecule is COc1cc(CO)cc2c1O[C@@H]1[C@@H](O)[C@H](N(Cc3ccc(C)cc3)C(C)=O)C=C(C(=O)NCCO)[C@H]21. The molecule has 1 aliphatic carbocycles. The van der Waals surface area contributed by atoms with Crippen LogP contribution >= 0.6 is 0 Å². The molecule has 0 saturated carbocycles. The summed E-state index contributed by atoms with van der Waals surface area (Å²) in [6, 6.07) is 10.3. The molecule has 2 amide bonds. The van der Waals surface area contributed by atoms with Crippen LogP contribution in [0.4, 0.5) is 0 Å². The van der Waals surface area contributed by atoms with E-state index in [2.05, 4.69) is 5.32 Å². The molecule has 0 saturated heterocycles. The molecule has 0 bridgehead atoms. The molecule has 2 aromatic carbocycles. The molecule has 2 aromatic rings. The van der Waals surface area contributed by atoms with Crippen LogP contribution in [0.25, 0.3) is 0 Å². The highest BCUT2D eigenvalue weighted by Gasteiger charge is 2.51. The molecule has 0 spiro atoms. The van der Waals surface area contributed by atoms with Crippen molar-refractivity contribution < 1.29 is 34.4 Å². The quantitative estimate of drug-likeness (QED) is 0.432. The number of amides is 2. The fourth-order valence-corrected chi connectivity index (χ4v) is 4.94. The van der Waals surface area contributed by atoms with E-state index < -0.39 is 30.1 Å². The average molecular weight is 497 g/mol. The lowest BCUT2D eigenvalue weighted by atomic mass is 9.77. The second-order valence-corrected chi connectivity index (χ2v) is 9.15. The minimum atomic E-state index is -1.14. The summed E-state index contributed by atoms with van der Waals surface area (Å²) in [7, 11) is 1.48. The third-order valence-electron chi connectivity index (χ3n) is 6.73. The Morgan fingerprint density at radius 3 is 2.47 bits per heavy atom. The molecule has 4 N–H and O–H groups in total. The van der Waals surface area contributed by atoms with Crippen LogP contribution in [0.5, 0.6) is 11.5 Å². The van der Waals surface area contributed by atoms with Gasteiger partial charge in [0.2, 0.25) is 11.8 Å². The molecule has 0 aromatic heterocycles. The Morgan fingerprint density at radius 1 is 1.14 bits per heavy atom. The van der Waals surface area contributed by atoms with Gasteiger partial charge in [-0.25, -0.2) is 0 Å². The molecule has 192 valence electrons. The zero-order chi connectivity index (χ0) is 26.0. The average Bonchev–Trinajstić information content (AvgIpc) is 3.26. The molecule has 36 heavy (non-hydrogen) atoms. The molecular weight excluding hydrogens is 464 g/mol. The third kappa shape index (κ3) is 4.82. The minimum absolute atomic E-state index is 0.0499. The van der Waals surface area contributed by atoms with Crippen LogP contribution < -0.4 is 14.8 Å². The number of methoxy groups -OCH3 is 1. The summed E-state index contributed by atoms with van der Waals surface area (Å²) in [6.07, 6.45) is -0.397. The smallest absolute Gasteiger partial charge is 0.247 e. The fraction of sp³-hybridized carbons (Fsp3) is 0.407. The normalized spacial score (nSPS) is 22.1. The Labute approximate surface area is 210 Å². The van der Waals surface area contributed by atoms with E-state index in [0.29, 0.717) is 28.2 Å². The van der Waals surface area contributed by atoms with Crippen LogP contribution in [0.15, 0.2) is 48.0 Å². The van der Waals surface area contributed by atoms with E-state index in [4.69, 9.17) is 9.47 Å². The Kier molecular flexibility index (Phi) is 7.63. The van der Waals surface area contributed by atoms with Gasteiger partial charge in [0.1, 0.15) is 12.2 Å². The van der Waals surface area contributed by atoms with Gasteiger partial charge in [-0.1, -0.05) is 29.8 Å². The van der Waals surface area contributed by atoms with Gasteiger partial charge in [-0.15, -0.1) is 0 Å². The molecule has 0 unspecified atom stereocenters. The van der Waals surface area contributed by atoms with Gasteiger partial charge in [-0.2, -0.15) is 0 Å². The lowest BCUT2D eigenvalue weighted by molar-refractivity contribution is -0.135. The van der Waals surface area contributed by atoms with Crippen molar-refractivity contribution in [3.8, 4) is 11.5 Å². The summed E-state index contributed by atoms with van der Waals surface area (Å²) in [5.41, 5.74) is 3.47. The predicted molar refractivity (Wildman–Crippen MR) is 131 cm³/mol. The zero-order valence-electron chi connectivity index (χ0n) is 20.6. The number of nitrogens with one attached hydrogen (secondary N) is 1. The number of hydrogen-bond donors (Lipinski definition) is 4. The van der Waals surface area contributed by atoms with Crippen molar-refractivity contribution in [2.75, 3.05) is 20.3 Å². The summed E-state index contributed by atoms with van der Waals surface area (Å²) < 4.78 is 11.7. The molecule has 2 aliphatic rings. The van der Waals surface area contributed by atoms with Crippen molar-refractivity contribution in [1.29, 1.82) is 0 Å². The highest BCUT2D eigenvalue weighted by molar-refractivity contribution is 5.96. The van der Waals surface area contributed by atoms with E-state index in [-0.39, 0.29) is 32.2 Å². The van der Waals surface area contributed by atoms with Crippen molar-refractivity contribution in [2.45, 2.75) is 51.2 Å². The number of benzene rings is 2. The summed E-state index contributed by atoms with van der Waals surface area (Å²) >= 11 is 0. The van der Waals surface area contributed by atoms with Crippen LogP contribution in [-0.2, 0) is 22.7 Å². The first-order chi connectivity index (χ1) is 17.3. The molecule has 1 aliphatic heterocycles. The zero-order valence-corrected chi connectivity index (χ0v) is 20.6. The summed E-state index contributed by atoms with van der Waals surface area (Å²) in [5, 5.41) is 33.2. The molecule has 0 radical (unpaired) electrons. The largest absolute Gasteiger partial charge is 0.493 e. The van der Waals surface area contributed by atoms with Crippen molar-refractivity contribution in [3.05, 3.63) is 70.3 Å². The maximum Gasteiger partial charge on any atom is 0.247 e. The van der Waals surface area contributed by atoms with Crippen LogP contribution in [0.1, 0.15) is 35.1 Å². The molecule has 9 nitrogen and oxygen atoms in total. The van der Waals surface area contributed by atoms with Crippen LogP contribution in [0.2, 0.25) is 0 Å². The van der Waals surface area contributed by atoms with Crippen molar-refractivity contribution >= 4 is 11.8 Å². The summed E-state index contributed by atoms with van der Waals surface area (Å²) in [6.45, 7) is 3.21. The van der Waals surface area contributed by atoms with Crippen molar-refractivity contribution in [1.82, 2.24) is 10.2 Å². The van der Waals surface area contributed by atoms with Crippen molar-refractivity contribution in [3.63, 3.8) is 0 Å². The van der Waals surface area contributed by atoms with E-state index >= 15 is 0 Å². The van der Waals surface area contributed by atoms with E-state index in [0.717, 1.165) is 11.1 Å².